The lowest BCUT2D eigenvalue weighted by molar-refractivity contribution is 0.121. The van der Waals surface area contributed by atoms with Gasteiger partial charge >= 0.3 is 0 Å². The van der Waals surface area contributed by atoms with E-state index in [1.807, 2.05) is 38.2 Å². The number of ether oxygens (including phenoxy) is 1. The van der Waals surface area contributed by atoms with Crippen molar-refractivity contribution >= 4 is 0 Å². The predicted molar refractivity (Wildman–Crippen MR) is 83.2 cm³/mol. The highest BCUT2D eigenvalue weighted by Crippen LogP contribution is 2.25. The zero-order valence-corrected chi connectivity index (χ0v) is 13.2. The molecule has 1 rings (SSSR count). The quantitative estimate of drug-likeness (QED) is 0.750. The van der Waals surface area contributed by atoms with Gasteiger partial charge in [-0.2, -0.15) is 0 Å². The topological polar surface area (TPSA) is 35.9 Å². The molecule has 0 aliphatic heterocycles. The fourth-order valence-electron chi connectivity index (χ4n) is 2.18. The molecule has 0 radical (unpaired) electrons. The van der Waals surface area contributed by atoms with Crippen molar-refractivity contribution < 1.29 is 9.84 Å². The van der Waals surface area contributed by atoms with Gasteiger partial charge in [0.2, 0.25) is 0 Å². The second-order valence-electron chi connectivity index (χ2n) is 5.41. The third kappa shape index (κ3) is 5.90. The average Bonchev–Trinajstić information content (AvgIpc) is 2.39. The van der Waals surface area contributed by atoms with E-state index in [-0.39, 0.29) is 0 Å². The molecular formula is C16H28N2O2. The zero-order chi connectivity index (χ0) is 15.0. The Balaban J connectivity index is 2.51. The van der Waals surface area contributed by atoms with Crippen LogP contribution in [0, 0.1) is 0 Å². The Hall–Kier alpha value is -1.10. The van der Waals surface area contributed by atoms with Crippen molar-refractivity contribution in [3.05, 3.63) is 29.8 Å². The Kier molecular flexibility index (Phi) is 7.59. The fourth-order valence-corrected chi connectivity index (χ4v) is 2.18. The van der Waals surface area contributed by atoms with Gasteiger partial charge in [0.1, 0.15) is 5.75 Å². The summed E-state index contributed by atoms with van der Waals surface area (Å²) in [5.41, 5.74) is 0.869. The SMILES string of the molecule is CCOc1ccccc1C(O)CN(C)CCCN(C)C. The highest BCUT2D eigenvalue weighted by atomic mass is 16.5. The van der Waals surface area contributed by atoms with Crippen molar-refractivity contribution in [2.24, 2.45) is 0 Å². The number of hydrogen-bond acceptors (Lipinski definition) is 4. The maximum atomic E-state index is 10.4. The number of nitrogens with zero attached hydrogens (tertiary/aromatic N) is 2. The smallest absolute Gasteiger partial charge is 0.125 e. The van der Waals surface area contributed by atoms with Gasteiger partial charge in [0.05, 0.1) is 12.7 Å². The molecule has 1 aromatic carbocycles. The number of benzene rings is 1. The van der Waals surface area contributed by atoms with Gasteiger partial charge in [0.15, 0.2) is 0 Å². The van der Waals surface area contributed by atoms with Gasteiger partial charge in [0.25, 0.3) is 0 Å². The second-order valence-corrected chi connectivity index (χ2v) is 5.41. The first-order chi connectivity index (χ1) is 9.54. The standard InChI is InChI=1S/C16H28N2O2/c1-5-20-16-10-7-6-9-14(16)15(19)13-18(4)12-8-11-17(2)3/h6-7,9-10,15,19H,5,8,11-13H2,1-4H3. The van der Waals surface area contributed by atoms with E-state index in [1.54, 1.807) is 0 Å². The molecule has 0 saturated heterocycles. The largest absolute Gasteiger partial charge is 0.493 e. The third-order valence-electron chi connectivity index (χ3n) is 3.21. The molecule has 0 aromatic heterocycles. The van der Waals surface area contributed by atoms with Crippen LogP contribution < -0.4 is 4.74 Å². The van der Waals surface area contributed by atoms with E-state index in [9.17, 15) is 5.11 Å². The fraction of sp³-hybridized carbons (Fsp3) is 0.625. The lowest BCUT2D eigenvalue weighted by atomic mass is 10.1. The number of rotatable bonds is 9. The molecule has 0 bridgehead atoms. The van der Waals surface area contributed by atoms with E-state index in [1.165, 1.54) is 0 Å². The number of aliphatic hydroxyl groups is 1. The molecule has 0 aliphatic rings. The number of aliphatic hydroxyl groups excluding tert-OH is 1. The van der Waals surface area contributed by atoms with Gasteiger partial charge in [-0.25, -0.2) is 0 Å². The van der Waals surface area contributed by atoms with Crippen LogP contribution in [0.25, 0.3) is 0 Å². The first kappa shape index (κ1) is 17.0. The van der Waals surface area contributed by atoms with Gasteiger partial charge in [-0.1, -0.05) is 18.2 Å². The van der Waals surface area contributed by atoms with E-state index in [0.29, 0.717) is 13.2 Å². The molecule has 0 heterocycles. The molecule has 114 valence electrons. The van der Waals surface area contributed by atoms with Gasteiger partial charge in [-0.15, -0.1) is 0 Å². The van der Waals surface area contributed by atoms with Crippen molar-refractivity contribution in [1.29, 1.82) is 0 Å². The van der Waals surface area contributed by atoms with E-state index >= 15 is 0 Å². The van der Waals surface area contributed by atoms with Crippen LogP contribution in [0.1, 0.15) is 25.0 Å². The molecule has 0 aliphatic carbocycles. The van der Waals surface area contributed by atoms with Crippen molar-refractivity contribution in [2.75, 3.05) is 47.4 Å². The van der Waals surface area contributed by atoms with Crippen molar-refractivity contribution in [1.82, 2.24) is 9.80 Å². The van der Waals surface area contributed by atoms with E-state index < -0.39 is 6.10 Å². The van der Waals surface area contributed by atoms with Crippen LogP contribution in [0.15, 0.2) is 24.3 Å². The van der Waals surface area contributed by atoms with Gasteiger partial charge in [0, 0.05) is 12.1 Å². The molecule has 0 spiro atoms. The summed E-state index contributed by atoms with van der Waals surface area (Å²) in [5.74, 6) is 0.782. The average molecular weight is 280 g/mol. The van der Waals surface area contributed by atoms with E-state index in [4.69, 9.17) is 4.74 Å². The van der Waals surface area contributed by atoms with Crippen LogP contribution in [0.4, 0.5) is 0 Å². The minimum Gasteiger partial charge on any atom is -0.493 e. The summed E-state index contributed by atoms with van der Waals surface area (Å²) in [6, 6.07) is 7.71. The van der Waals surface area contributed by atoms with Crippen LogP contribution in [0.5, 0.6) is 5.75 Å². The lowest BCUT2D eigenvalue weighted by Crippen LogP contribution is -2.28. The molecule has 4 heteroatoms. The zero-order valence-electron chi connectivity index (χ0n) is 13.2. The molecule has 1 atom stereocenters. The van der Waals surface area contributed by atoms with Gasteiger partial charge in [-0.3, -0.25) is 0 Å². The summed E-state index contributed by atoms with van der Waals surface area (Å²) < 4.78 is 5.57. The molecule has 0 fully saturated rings. The number of likely N-dealkylation sites (N-methyl/N-ethyl adjacent to an activating group) is 1. The normalized spacial score (nSPS) is 12.9. The van der Waals surface area contributed by atoms with E-state index in [2.05, 4.69) is 23.9 Å². The van der Waals surface area contributed by atoms with Crippen molar-refractivity contribution in [3.63, 3.8) is 0 Å². The molecular weight excluding hydrogens is 252 g/mol. The minimum atomic E-state index is -0.512. The molecule has 1 unspecified atom stereocenters. The maximum Gasteiger partial charge on any atom is 0.125 e. The molecule has 1 aromatic rings. The molecule has 0 saturated carbocycles. The molecule has 4 nitrogen and oxygen atoms in total. The Morgan fingerprint density at radius 1 is 1.15 bits per heavy atom. The first-order valence-electron chi connectivity index (χ1n) is 7.27. The lowest BCUT2D eigenvalue weighted by Gasteiger charge is -2.22. The second kappa shape index (κ2) is 8.95. The summed E-state index contributed by atoms with van der Waals surface area (Å²) in [6.07, 6.45) is 0.589. The summed E-state index contributed by atoms with van der Waals surface area (Å²) in [6.45, 7) is 5.23. The summed E-state index contributed by atoms with van der Waals surface area (Å²) in [5, 5.41) is 10.4. The van der Waals surface area contributed by atoms with Crippen molar-refractivity contribution in [3.8, 4) is 5.75 Å². The molecule has 1 N–H and O–H groups in total. The Labute approximate surface area is 123 Å². The Morgan fingerprint density at radius 3 is 2.50 bits per heavy atom. The minimum absolute atomic E-state index is 0.512. The highest BCUT2D eigenvalue weighted by Gasteiger charge is 2.15. The Morgan fingerprint density at radius 2 is 1.85 bits per heavy atom. The van der Waals surface area contributed by atoms with Crippen LogP contribution in [0.2, 0.25) is 0 Å². The van der Waals surface area contributed by atoms with Gasteiger partial charge in [-0.05, 0) is 53.6 Å². The maximum absolute atomic E-state index is 10.4. The molecule has 20 heavy (non-hydrogen) atoms. The first-order valence-corrected chi connectivity index (χ1v) is 7.27. The number of para-hydroxylation sites is 1. The number of hydrogen-bond donors (Lipinski definition) is 1. The van der Waals surface area contributed by atoms with Crippen LogP contribution in [0.3, 0.4) is 0 Å². The predicted octanol–water partition coefficient (Wildman–Crippen LogP) is 2.00. The van der Waals surface area contributed by atoms with Crippen LogP contribution in [-0.4, -0.2) is 62.3 Å². The van der Waals surface area contributed by atoms with E-state index in [0.717, 1.165) is 30.8 Å². The molecule has 0 amide bonds. The Bertz CT molecular complexity index is 382. The van der Waals surface area contributed by atoms with Crippen LogP contribution >= 0.6 is 0 Å². The summed E-state index contributed by atoms with van der Waals surface area (Å²) in [7, 11) is 6.20. The van der Waals surface area contributed by atoms with Gasteiger partial charge < -0.3 is 19.6 Å². The monoisotopic (exact) mass is 280 g/mol. The van der Waals surface area contributed by atoms with Crippen LogP contribution in [-0.2, 0) is 0 Å². The summed E-state index contributed by atoms with van der Waals surface area (Å²) >= 11 is 0. The highest BCUT2D eigenvalue weighted by molar-refractivity contribution is 5.35. The van der Waals surface area contributed by atoms with Crippen molar-refractivity contribution in [2.45, 2.75) is 19.4 Å². The summed E-state index contributed by atoms with van der Waals surface area (Å²) in [4.78, 5) is 4.34. The third-order valence-corrected chi connectivity index (χ3v) is 3.21.